The van der Waals surface area contributed by atoms with Gasteiger partial charge in [-0.1, -0.05) is 27.2 Å². The van der Waals surface area contributed by atoms with Gasteiger partial charge >= 0.3 is 0 Å². The molecule has 2 nitrogen and oxygen atoms in total. The highest BCUT2D eigenvalue weighted by Crippen LogP contribution is 2.06. The van der Waals surface area contributed by atoms with E-state index in [1.54, 1.807) is 0 Å². The molecule has 0 aromatic rings. The van der Waals surface area contributed by atoms with Crippen LogP contribution in [-0.2, 0) is 9.84 Å². The molecule has 0 aliphatic heterocycles. The monoisotopic (exact) mass is 178 g/mol. The minimum absolute atomic E-state index is 0.312. The number of sulfone groups is 1. The predicted octanol–water partition coefficient (Wildman–Crippen LogP) is 1.86. The minimum Gasteiger partial charge on any atom is -0.229 e. The molecular weight excluding hydrogens is 160 g/mol. The van der Waals surface area contributed by atoms with E-state index in [-0.39, 0.29) is 0 Å². The van der Waals surface area contributed by atoms with Gasteiger partial charge in [0.2, 0.25) is 0 Å². The molecule has 0 bridgehead atoms. The summed E-state index contributed by atoms with van der Waals surface area (Å²) < 4.78 is 22.4. The Hall–Kier alpha value is -0.0500. The molecule has 0 radical (unpaired) electrons. The molecule has 0 aromatic carbocycles. The SMILES string of the molecule is CCCS(=O)(=O)CC(C)CC. The Kier molecular flexibility index (Phi) is 4.73. The first kappa shape index (κ1) is 11.0. The van der Waals surface area contributed by atoms with Gasteiger partial charge in [-0.15, -0.1) is 0 Å². The lowest BCUT2D eigenvalue weighted by molar-refractivity contribution is 0.563. The summed E-state index contributed by atoms with van der Waals surface area (Å²) >= 11 is 0. The van der Waals surface area contributed by atoms with Gasteiger partial charge in [-0.05, 0) is 12.3 Å². The summed E-state index contributed by atoms with van der Waals surface area (Å²) in [6.07, 6.45) is 1.68. The standard InChI is InChI=1S/C8H18O2S/c1-4-6-11(9,10)7-8(3)5-2/h8H,4-7H2,1-3H3. The second-order valence-electron chi connectivity index (χ2n) is 3.13. The zero-order valence-corrected chi connectivity index (χ0v) is 8.45. The average molecular weight is 178 g/mol. The van der Waals surface area contributed by atoms with Crippen LogP contribution in [0.4, 0.5) is 0 Å². The number of rotatable bonds is 5. The van der Waals surface area contributed by atoms with Crippen molar-refractivity contribution in [1.29, 1.82) is 0 Å². The molecule has 0 aromatic heterocycles. The van der Waals surface area contributed by atoms with Gasteiger partial charge in [0.15, 0.2) is 9.84 Å². The normalized spacial score (nSPS) is 14.8. The molecule has 0 amide bonds. The van der Waals surface area contributed by atoms with Crippen molar-refractivity contribution in [2.45, 2.75) is 33.6 Å². The molecule has 0 saturated carbocycles. The summed E-state index contributed by atoms with van der Waals surface area (Å²) in [5, 5.41) is 0. The van der Waals surface area contributed by atoms with Crippen molar-refractivity contribution in [2.75, 3.05) is 11.5 Å². The first-order valence-corrected chi connectivity index (χ1v) is 6.04. The average Bonchev–Trinajstić information content (AvgIpc) is 1.86. The van der Waals surface area contributed by atoms with E-state index in [0.29, 0.717) is 17.4 Å². The van der Waals surface area contributed by atoms with E-state index >= 15 is 0 Å². The van der Waals surface area contributed by atoms with E-state index in [0.717, 1.165) is 12.8 Å². The van der Waals surface area contributed by atoms with Crippen molar-refractivity contribution in [3.63, 3.8) is 0 Å². The van der Waals surface area contributed by atoms with E-state index in [9.17, 15) is 8.42 Å². The van der Waals surface area contributed by atoms with Crippen LogP contribution in [0.1, 0.15) is 33.6 Å². The molecule has 11 heavy (non-hydrogen) atoms. The van der Waals surface area contributed by atoms with Crippen LogP contribution in [0.3, 0.4) is 0 Å². The first-order valence-electron chi connectivity index (χ1n) is 4.22. The Balaban J connectivity index is 3.92. The van der Waals surface area contributed by atoms with Crippen LogP contribution in [0, 0.1) is 5.92 Å². The maximum atomic E-state index is 11.2. The molecule has 0 fully saturated rings. The lowest BCUT2D eigenvalue weighted by Crippen LogP contribution is -2.16. The maximum absolute atomic E-state index is 11.2. The summed E-state index contributed by atoms with van der Waals surface area (Å²) in [6.45, 7) is 5.90. The molecule has 0 N–H and O–H groups in total. The summed E-state index contributed by atoms with van der Waals surface area (Å²) in [5.74, 6) is 1.01. The Morgan fingerprint density at radius 1 is 1.27 bits per heavy atom. The Bertz CT molecular complexity index is 182. The molecular formula is C8H18O2S. The molecule has 0 rings (SSSR count). The van der Waals surface area contributed by atoms with E-state index in [1.807, 2.05) is 20.8 Å². The lowest BCUT2D eigenvalue weighted by Gasteiger charge is -2.07. The molecule has 0 heterocycles. The van der Waals surface area contributed by atoms with E-state index in [4.69, 9.17) is 0 Å². The number of hydrogen-bond donors (Lipinski definition) is 0. The summed E-state index contributed by atoms with van der Waals surface area (Å²) in [7, 11) is -2.74. The van der Waals surface area contributed by atoms with Gasteiger partial charge in [-0.3, -0.25) is 0 Å². The van der Waals surface area contributed by atoms with Crippen LogP contribution in [-0.4, -0.2) is 19.9 Å². The molecule has 3 heteroatoms. The minimum atomic E-state index is -2.74. The van der Waals surface area contributed by atoms with Gasteiger partial charge < -0.3 is 0 Å². The Morgan fingerprint density at radius 2 is 1.82 bits per heavy atom. The Morgan fingerprint density at radius 3 is 2.18 bits per heavy atom. The van der Waals surface area contributed by atoms with Crippen LogP contribution >= 0.6 is 0 Å². The highest BCUT2D eigenvalue weighted by Gasteiger charge is 2.12. The third kappa shape index (κ3) is 5.24. The van der Waals surface area contributed by atoms with E-state index < -0.39 is 9.84 Å². The van der Waals surface area contributed by atoms with Crippen molar-refractivity contribution < 1.29 is 8.42 Å². The van der Waals surface area contributed by atoms with Crippen molar-refractivity contribution in [1.82, 2.24) is 0 Å². The predicted molar refractivity (Wildman–Crippen MR) is 48.4 cm³/mol. The zero-order valence-electron chi connectivity index (χ0n) is 7.63. The summed E-state index contributed by atoms with van der Waals surface area (Å²) in [4.78, 5) is 0. The molecule has 0 saturated heterocycles. The molecule has 0 aliphatic carbocycles. The van der Waals surface area contributed by atoms with Crippen molar-refractivity contribution >= 4 is 9.84 Å². The smallest absolute Gasteiger partial charge is 0.150 e. The van der Waals surface area contributed by atoms with Gasteiger partial charge in [0.25, 0.3) is 0 Å². The highest BCUT2D eigenvalue weighted by molar-refractivity contribution is 7.91. The summed E-state index contributed by atoms with van der Waals surface area (Å²) in [6, 6.07) is 0. The van der Waals surface area contributed by atoms with Crippen LogP contribution in [0.25, 0.3) is 0 Å². The second kappa shape index (κ2) is 4.75. The topological polar surface area (TPSA) is 34.1 Å². The van der Waals surface area contributed by atoms with E-state index in [1.165, 1.54) is 0 Å². The molecule has 1 unspecified atom stereocenters. The van der Waals surface area contributed by atoms with E-state index in [2.05, 4.69) is 0 Å². The molecule has 68 valence electrons. The van der Waals surface area contributed by atoms with Crippen LogP contribution in [0.2, 0.25) is 0 Å². The molecule has 1 atom stereocenters. The fraction of sp³-hybridized carbons (Fsp3) is 1.00. The van der Waals surface area contributed by atoms with Gasteiger partial charge in [0, 0.05) is 5.75 Å². The molecule has 0 spiro atoms. The van der Waals surface area contributed by atoms with Crippen LogP contribution < -0.4 is 0 Å². The summed E-state index contributed by atoms with van der Waals surface area (Å²) in [5.41, 5.74) is 0. The quantitative estimate of drug-likeness (QED) is 0.644. The maximum Gasteiger partial charge on any atom is 0.150 e. The van der Waals surface area contributed by atoms with Gasteiger partial charge in [-0.2, -0.15) is 0 Å². The second-order valence-corrected chi connectivity index (χ2v) is 5.36. The third-order valence-electron chi connectivity index (χ3n) is 1.75. The Labute approximate surface area is 69.9 Å². The lowest BCUT2D eigenvalue weighted by atomic mass is 10.2. The first-order chi connectivity index (χ1) is 5.02. The fourth-order valence-corrected chi connectivity index (χ4v) is 2.84. The van der Waals surface area contributed by atoms with Crippen molar-refractivity contribution in [2.24, 2.45) is 5.92 Å². The molecule has 0 aliphatic rings. The van der Waals surface area contributed by atoms with Crippen molar-refractivity contribution in [3.8, 4) is 0 Å². The van der Waals surface area contributed by atoms with Gasteiger partial charge in [-0.25, -0.2) is 8.42 Å². The third-order valence-corrected chi connectivity index (χ3v) is 3.86. The highest BCUT2D eigenvalue weighted by atomic mass is 32.2. The van der Waals surface area contributed by atoms with Gasteiger partial charge in [0.1, 0.15) is 0 Å². The zero-order chi connectivity index (χ0) is 8.91. The van der Waals surface area contributed by atoms with Crippen LogP contribution in [0.15, 0.2) is 0 Å². The number of hydrogen-bond acceptors (Lipinski definition) is 2. The van der Waals surface area contributed by atoms with Crippen molar-refractivity contribution in [3.05, 3.63) is 0 Å². The van der Waals surface area contributed by atoms with Crippen LogP contribution in [0.5, 0.6) is 0 Å². The van der Waals surface area contributed by atoms with Gasteiger partial charge in [0.05, 0.1) is 5.75 Å². The fourth-order valence-electron chi connectivity index (χ4n) is 0.946. The largest absolute Gasteiger partial charge is 0.229 e.